The van der Waals surface area contributed by atoms with Crippen LogP contribution < -0.4 is 10.1 Å². The molecule has 0 bridgehead atoms. The third-order valence-electron chi connectivity index (χ3n) is 4.99. The molecule has 3 aromatic carbocycles. The highest BCUT2D eigenvalue weighted by Crippen LogP contribution is 2.30. The molecule has 146 valence electrons. The van der Waals surface area contributed by atoms with Gasteiger partial charge in [-0.05, 0) is 47.7 Å². The van der Waals surface area contributed by atoms with E-state index in [0.717, 1.165) is 41.9 Å². The van der Waals surface area contributed by atoms with Gasteiger partial charge in [0.05, 0.1) is 17.6 Å². The molecule has 0 aromatic heterocycles. The summed E-state index contributed by atoms with van der Waals surface area (Å²) in [7, 11) is 0. The Hall–Kier alpha value is -3.67. The van der Waals surface area contributed by atoms with Gasteiger partial charge in [-0.25, -0.2) is 0 Å². The van der Waals surface area contributed by atoms with E-state index in [0.29, 0.717) is 0 Å². The van der Waals surface area contributed by atoms with Crippen LogP contribution in [0.4, 0.5) is 5.69 Å². The number of ether oxygens (including phenoxy) is 1. The number of nitro benzene ring substituents is 1. The number of non-ortho nitro benzene ring substituents is 1. The highest BCUT2D eigenvalue weighted by molar-refractivity contribution is 5.95. The van der Waals surface area contributed by atoms with Crippen molar-refractivity contribution in [3.8, 4) is 5.75 Å². The van der Waals surface area contributed by atoms with E-state index in [9.17, 15) is 14.9 Å². The Balaban J connectivity index is 1.68. The highest BCUT2D eigenvalue weighted by atomic mass is 16.6. The van der Waals surface area contributed by atoms with Crippen molar-refractivity contribution in [2.75, 3.05) is 6.61 Å². The molecule has 1 unspecified atom stereocenters. The summed E-state index contributed by atoms with van der Waals surface area (Å²) in [5, 5.41) is 14.1. The molecule has 6 nitrogen and oxygen atoms in total. The molecule has 3 aromatic rings. The van der Waals surface area contributed by atoms with Crippen molar-refractivity contribution in [1.82, 2.24) is 5.32 Å². The van der Waals surface area contributed by atoms with Gasteiger partial charge in [-0.3, -0.25) is 14.9 Å². The summed E-state index contributed by atoms with van der Waals surface area (Å²) in [6.45, 7) is 0.720. The van der Waals surface area contributed by atoms with Gasteiger partial charge in [-0.15, -0.1) is 0 Å². The summed E-state index contributed by atoms with van der Waals surface area (Å²) >= 11 is 0. The number of hydrogen-bond donors (Lipinski definition) is 1. The second kappa shape index (κ2) is 8.14. The Kier molecular flexibility index (Phi) is 5.24. The van der Waals surface area contributed by atoms with E-state index in [4.69, 9.17) is 4.74 Å². The first-order valence-electron chi connectivity index (χ1n) is 9.48. The normalized spacial score (nSPS) is 13.7. The average molecular weight is 388 g/mol. The molecule has 1 amide bonds. The number of aryl methyl sites for hydroxylation is 1. The average Bonchev–Trinajstić information content (AvgIpc) is 2.77. The van der Waals surface area contributed by atoms with Gasteiger partial charge >= 0.3 is 0 Å². The molecule has 4 rings (SSSR count). The monoisotopic (exact) mass is 388 g/mol. The number of nitrogens with zero attached hydrogens (tertiary/aromatic N) is 1. The van der Waals surface area contributed by atoms with E-state index < -0.39 is 4.92 Å². The Labute approximate surface area is 168 Å². The summed E-state index contributed by atoms with van der Waals surface area (Å²) in [5.41, 5.74) is 3.14. The van der Waals surface area contributed by atoms with Crippen LogP contribution in [0.1, 0.15) is 39.5 Å². The first kappa shape index (κ1) is 18.7. The van der Waals surface area contributed by atoms with Gasteiger partial charge in [-0.2, -0.15) is 0 Å². The van der Waals surface area contributed by atoms with E-state index in [1.54, 1.807) is 6.07 Å². The van der Waals surface area contributed by atoms with Crippen LogP contribution in [0, 0.1) is 10.1 Å². The quantitative estimate of drug-likeness (QED) is 0.517. The maximum absolute atomic E-state index is 12.9. The van der Waals surface area contributed by atoms with Crippen LogP contribution in [0.25, 0.3) is 0 Å². The van der Waals surface area contributed by atoms with Crippen molar-refractivity contribution in [1.29, 1.82) is 0 Å². The fourth-order valence-corrected chi connectivity index (χ4v) is 3.54. The molecule has 0 fully saturated rings. The van der Waals surface area contributed by atoms with Crippen molar-refractivity contribution in [2.45, 2.75) is 18.9 Å². The van der Waals surface area contributed by atoms with Crippen LogP contribution in [-0.2, 0) is 6.42 Å². The summed E-state index contributed by atoms with van der Waals surface area (Å²) in [6.07, 6.45) is 1.90. The van der Waals surface area contributed by atoms with Crippen molar-refractivity contribution in [2.24, 2.45) is 0 Å². The number of amides is 1. The molecule has 1 heterocycles. The number of benzene rings is 3. The van der Waals surface area contributed by atoms with Crippen LogP contribution in [-0.4, -0.2) is 17.4 Å². The van der Waals surface area contributed by atoms with E-state index in [2.05, 4.69) is 11.4 Å². The number of carbonyl (C=O) groups excluding carboxylic acids is 1. The van der Waals surface area contributed by atoms with Crippen molar-refractivity contribution < 1.29 is 14.5 Å². The fraction of sp³-hybridized carbons (Fsp3) is 0.174. The number of carbonyl (C=O) groups is 1. The van der Waals surface area contributed by atoms with E-state index in [1.807, 2.05) is 42.5 Å². The lowest BCUT2D eigenvalue weighted by Crippen LogP contribution is -2.29. The fourth-order valence-electron chi connectivity index (χ4n) is 3.54. The van der Waals surface area contributed by atoms with Gasteiger partial charge in [0.15, 0.2) is 0 Å². The molecule has 1 atom stereocenters. The largest absolute Gasteiger partial charge is 0.493 e. The summed E-state index contributed by atoms with van der Waals surface area (Å²) in [6, 6.07) is 21.0. The smallest absolute Gasteiger partial charge is 0.270 e. The van der Waals surface area contributed by atoms with Gasteiger partial charge < -0.3 is 10.1 Å². The molecule has 0 saturated heterocycles. The second-order valence-corrected chi connectivity index (χ2v) is 6.94. The van der Waals surface area contributed by atoms with Gasteiger partial charge in [0.2, 0.25) is 0 Å². The lowest BCUT2D eigenvalue weighted by molar-refractivity contribution is -0.384. The molecule has 6 heteroatoms. The van der Waals surface area contributed by atoms with Crippen LogP contribution in [0.5, 0.6) is 5.75 Å². The Morgan fingerprint density at radius 1 is 1.00 bits per heavy atom. The lowest BCUT2D eigenvalue weighted by Gasteiger charge is -2.23. The minimum Gasteiger partial charge on any atom is -0.493 e. The molecular weight excluding hydrogens is 368 g/mol. The van der Waals surface area contributed by atoms with Gasteiger partial charge in [0.25, 0.3) is 11.6 Å². The number of nitro groups is 1. The third kappa shape index (κ3) is 4.11. The molecular formula is C23H20N2O4. The predicted molar refractivity (Wildman–Crippen MR) is 109 cm³/mol. The first-order valence-corrected chi connectivity index (χ1v) is 9.48. The lowest BCUT2D eigenvalue weighted by atomic mass is 9.94. The topological polar surface area (TPSA) is 81.5 Å². The standard InChI is InChI=1S/C23H20N2O4/c26-23(19-8-4-10-20(15-19)25(27)28)24-22(16-6-2-1-3-7-16)18-11-12-21-17(14-18)9-5-13-29-21/h1-4,6-8,10-12,14-15,22H,5,9,13H2,(H,24,26). The molecule has 0 aliphatic carbocycles. The highest BCUT2D eigenvalue weighted by Gasteiger charge is 2.21. The zero-order valence-corrected chi connectivity index (χ0v) is 15.7. The SMILES string of the molecule is O=C(NC(c1ccccc1)c1ccc2c(c1)CCCO2)c1cccc([N+](=O)[O-])c1. The van der Waals surface area contributed by atoms with Gasteiger partial charge in [0, 0.05) is 17.7 Å². The predicted octanol–water partition coefficient (Wildman–Crippen LogP) is 4.44. The molecule has 1 aliphatic heterocycles. The molecule has 1 aliphatic rings. The summed E-state index contributed by atoms with van der Waals surface area (Å²) < 4.78 is 5.70. The third-order valence-corrected chi connectivity index (χ3v) is 4.99. The zero-order valence-electron chi connectivity index (χ0n) is 15.7. The van der Waals surface area contributed by atoms with Crippen molar-refractivity contribution >= 4 is 11.6 Å². The Morgan fingerprint density at radius 2 is 1.83 bits per heavy atom. The molecule has 29 heavy (non-hydrogen) atoms. The minimum absolute atomic E-state index is 0.111. The maximum Gasteiger partial charge on any atom is 0.270 e. The first-order chi connectivity index (χ1) is 14.1. The van der Waals surface area contributed by atoms with Gasteiger partial charge in [0.1, 0.15) is 5.75 Å². The van der Waals surface area contributed by atoms with Crippen molar-refractivity contribution in [3.63, 3.8) is 0 Å². The molecule has 0 radical (unpaired) electrons. The summed E-state index contributed by atoms with van der Waals surface area (Å²) in [4.78, 5) is 23.4. The molecule has 0 spiro atoms. The number of nitrogens with one attached hydrogen (secondary N) is 1. The Morgan fingerprint density at radius 3 is 2.62 bits per heavy atom. The Bertz CT molecular complexity index is 1050. The summed E-state index contributed by atoms with van der Waals surface area (Å²) in [5.74, 6) is 0.522. The molecule has 0 saturated carbocycles. The number of fused-ring (bicyclic) bond motifs is 1. The van der Waals surface area contributed by atoms with Crippen LogP contribution in [0.15, 0.2) is 72.8 Å². The zero-order chi connectivity index (χ0) is 20.2. The van der Waals surface area contributed by atoms with Crippen LogP contribution in [0.3, 0.4) is 0 Å². The maximum atomic E-state index is 12.9. The number of hydrogen-bond acceptors (Lipinski definition) is 4. The van der Waals surface area contributed by atoms with E-state index in [1.165, 1.54) is 18.2 Å². The second-order valence-electron chi connectivity index (χ2n) is 6.94. The van der Waals surface area contributed by atoms with Crippen LogP contribution in [0.2, 0.25) is 0 Å². The number of rotatable bonds is 5. The van der Waals surface area contributed by atoms with Crippen molar-refractivity contribution in [3.05, 3.63) is 105 Å². The van der Waals surface area contributed by atoms with E-state index in [-0.39, 0.29) is 23.2 Å². The minimum atomic E-state index is -0.505. The van der Waals surface area contributed by atoms with Gasteiger partial charge in [-0.1, -0.05) is 42.5 Å². The van der Waals surface area contributed by atoms with E-state index >= 15 is 0 Å². The molecule has 1 N–H and O–H groups in total. The van der Waals surface area contributed by atoms with Crippen LogP contribution >= 0.6 is 0 Å².